The van der Waals surface area contributed by atoms with Crippen LogP contribution < -0.4 is 24.3 Å². The third-order valence-electron chi connectivity index (χ3n) is 4.74. The molecular formula is C22H22N4O4. The number of hydrogen-bond donors (Lipinski definition) is 1. The average molecular weight is 406 g/mol. The predicted molar refractivity (Wildman–Crippen MR) is 114 cm³/mol. The minimum Gasteiger partial charge on any atom is -0.496 e. The standard InChI is InChI=1S/C22H22N4O4/c1-27-17-8-6-5-7-15(17)16-13-24-22-21(23-9-10-26(16)22)25-14-11-18(28-2)20(30-4)19(12-14)29-3/h5-13H,1-4H3,(H,23,25). The molecule has 0 atom stereocenters. The Morgan fingerprint density at radius 3 is 2.20 bits per heavy atom. The zero-order valence-corrected chi connectivity index (χ0v) is 17.2. The van der Waals surface area contributed by atoms with Gasteiger partial charge < -0.3 is 24.3 Å². The Hall–Kier alpha value is -3.94. The van der Waals surface area contributed by atoms with Gasteiger partial charge in [-0.05, 0) is 12.1 Å². The van der Waals surface area contributed by atoms with E-state index in [4.69, 9.17) is 18.9 Å². The van der Waals surface area contributed by atoms with Crippen LogP contribution in [0.3, 0.4) is 0 Å². The highest BCUT2D eigenvalue weighted by molar-refractivity contribution is 5.77. The molecule has 0 unspecified atom stereocenters. The number of ether oxygens (including phenoxy) is 4. The van der Waals surface area contributed by atoms with Crippen molar-refractivity contribution < 1.29 is 18.9 Å². The van der Waals surface area contributed by atoms with E-state index in [-0.39, 0.29) is 0 Å². The van der Waals surface area contributed by atoms with Gasteiger partial charge in [-0.3, -0.25) is 4.40 Å². The summed E-state index contributed by atoms with van der Waals surface area (Å²) in [7, 11) is 6.38. The number of nitrogens with one attached hydrogen (secondary N) is 1. The van der Waals surface area contributed by atoms with Crippen molar-refractivity contribution in [1.29, 1.82) is 0 Å². The summed E-state index contributed by atoms with van der Waals surface area (Å²) in [6.07, 6.45) is 5.38. The van der Waals surface area contributed by atoms with Gasteiger partial charge in [0.15, 0.2) is 23.0 Å². The van der Waals surface area contributed by atoms with Crippen LogP contribution in [0.4, 0.5) is 11.5 Å². The number of imidazole rings is 1. The fourth-order valence-corrected chi connectivity index (χ4v) is 3.35. The third kappa shape index (κ3) is 3.32. The van der Waals surface area contributed by atoms with Crippen molar-refractivity contribution in [2.24, 2.45) is 0 Å². The monoisotopic (exact) mass is 406 g/mol. The molecule has 8 nitrogen and oxygen atoms in total. The molecule has 0 amide bonds. The highest BCUT2D eigenvalue weighted by Crippen LogP contribution is 2.41. The zero-order chi connectivity index (χ0) is 21.1. The van der Waals surface area contributed by atoms with E-state index in [1.54, 1.807) is 40.8 Å². The number of anilines is 2. The number of aromatic nitrogens is 3. The lowest BCUT2D eigenvalue weighted by molar-refractivity contribution is 0.324. The second-order valence-electron chi connectivity index (χ2n) is 6.35. The van der Waals surface area contributed by atoms with Crippen molar-refractivity contribution in [3.8, 4) is 34.3 Å². The van der Waals surface area contributed by atoms with Crippen LogP contribution in [0.5, 0.6) is 23.0 Å². The van der Waals surface area contributed by atoms with Crippen molar-refractivity contribution in [2.75, 3.05) is 33.8 Å². The number of hydrogen-bond acceptors (Lipinski definition) is 7. The lowest BCUT2D eigenvalue weighted by atomic mass is 10.1. The molecule has 0 spiro atoms. The molecule has 1 N–H and O–H groups in total. The van der Waals surface area contributed by atoms with Crippen LogP contribution >= 0.6 is 0 Å². The molecule has 2 heterocycles. The third-order valence-corrected chi connectivity index (χ3v) is 4.74. The van der Waals surface area contributed by atoms with Gasteiger partial charge in [0.05, 0.1) is 40.3 Å². The molecule has 4 rings (SSSR count). The van der Waals surface area contributed by atoms with Crippen LogP contribution in [0, 0.1) is 0 Å². The van der Waals surface area contributed by atoms with Crippen LogP contribution in [0.1, 0.15) is 0 Å². The van der Waals surface area contributed by atoms with Gasteiger partial charge in [-0.25, -0.2) is 9.97 Å². The van der Waals surface area contributed by atoms with Gasteiger partial charge in [-0.15, -0.1) is 0 Å². The molecule has 2 aromatic heterocycles. The van der Waals surface area contributed by atoms with E-state index >= 15 is 0 Å². The maximum Gasteiger partial charge on any atom is 0.203 e. The SMILES string of the molecule is COc1ccccc1-c1cnc2c(Nc3cc(OC)c(OC)c(OC)c3)nccn12. The Bertz CT molecular complexity index is 1160. The van der Waals surface area contributed by atoms with Gasteiger partial charge in [-0.2, -0.15) is 0 Å². The Kier molecular flexibility index (Phi) is 5.30. The maximum absolute atomic E-state index is 5.50. The quantitative estimate of drug-likeness (QED) is 0.493. The molecule has 0 saturated carbocycles. The minimum absolute atomic E-state index is 0.524. The molecule has 0 aliphatic rings. The highest BCUT2D eigenvalue weighted by atomic mass is 16.5. The van der Waals surface area contributed by atoms with Crippen LogP contribution in [-0.2, 0) is 0 Å². The summed E-state index contributed by atoms with van der Waals surface area (Å²) < 4.78 is 23.7. The topological polar surface area (TPSA) is 79.1 Å². The first-order chi connectivity index (χ1) is 14.7. The van der Waals surface area contributed by atoms with Crippen LogP contribution in [0.15, 0.2) is 55.0 Å². The molecule has 0 aliphatic carbocycles. The predicted octanol–water partition coefficient (Wildman–Crippen LogP) is 4.17. The number of nitrogens with zero attached hydrogens (tertiary/aromatic N) is 3. The number of rotatable bonds is 7. The van der Waals surface area contributed by atoms with Gasteiger partial charge >= 0.3 is 0 Å². The molecule has 4 aromatic rings. The van der Waals surface area contributed by atoms with E-state index in [1.165, 1.54) is 0 Å². The Balaban J connectivity index is 1.78. The molecule has 0 saturated heterocycles. The first kappa shape index (κ1) is 19.4. The second-order valence-corrected chi connectivity index (χ2v) is 6.35. The van der Waals surface area contributed by atoms with E-state index in [0.717, 1.165) is 22.7 Å². The van der Waals surface area contributed by atoms with E-state index in [9.17, 15) is 0 Å². The smallest absolute Gasteiger partial charge is 0.203 e. The summed E-state index contributed by atoms with van der Waals surface area (Å²) >= 11 is 0. The zero-order valence-electron chi connectivity index (χ0n) is 17.2. The molecule has 8 heteroatoms. The number of benzene rings is 2. The van der Waals surface area contributed by atoms with E-state index in [2.05, 4.69) is 15.3 Å². The Morgan fingerprint density at radius 2 is 1.53 bits per heavy atom. The molecule has 0 radical (unpaired) electrons. The number of fused-ring (bicyclic) bond motifs is 1. The molecular weight excluding hydrogens is 384 g/mol. The first-order valence-electron chi connectivity index (χ1n) is 9.22. The molecule has 0 fully saturated rings. The summed E-state index contributed by atoms with van der Waals surface area (Å²) in [5.74, 6) is 2.98. The maximum atomic E-state index is 5.50. The van der Waals surface area contributed by atoms with Gasteiger partial charge in [0.2, 0.25) is 5.75 Å². The Labute approximate surface area is 174 Å². The Morgan fingerprint density at radius 1 is 0.833 bits per heavy atom. The van der Waals surface area contributed by atoms with Crippen LogP contribution in [-0.4, -0.2) is 42.8 Å². The van der Waals surface area contributed by atoms with Crippen LogP contribution in [0.2, 0.25) is 0 Å². The number of para-hydroxylation sites is 1. The van der Waals surface area contributed by atoms with Gasteiger partial charge in [-0.1, -0.05) is 12.1 Å². The fraction of sp³-hybridized carbons (Fsp3) is 0.182. The lowest BCUT2D eigenvalue weighted by Crippen LogP contribution is -2.01. The molecule has 0 aliphatic heterocycles. The van der Waals surface area contributed by atoms with Gasteiger partial charge in [0, 0.05) is 35.8 Å². The average Bonchev–Trinajstić information content (AvgIpc) is 3.23. The van der Waals surface area contributed by atoms with Crippen LogP contribution in [0.25, 0.3) is 16.9 Å². The van der Waals surface area contributed by atoms with E-state index in [0.29, 0.717) is 28.7 Å². The summed E-state index contributed by atoms with van der Waals surface area (Å²) in [4.78, 5) is 9.05. The van der Waals surface area contributed by atoms with Crippen molar-refractivity contribution in [1.82, 2.24) is 14.4 Å². The summed E-state index contributed by atoms with van der Waals surface area (Å²) in [5, 5.41) is 3.30. The van der Waals surface area contributed by atoms with Crippen molar-refractivity contribution >= 4 is 17.2 Å². The highest BCUT2D eigenvalue weighted by Gasteiger charge is 2.16. The van der Waals surface area contributed by atoms with Gasteiger partial charge in [0.1, 0.15) is 5.75 Å². The lowest BCUT2D eigenvalue weighted by Gasteiger charge is -2.15. The summed E-state index contributed by atoms with van der Waals surface area (Å²) in [5.41, 5.74) is 3.24. The molecule has 154 valence electrons. The van der Waals surface area contributed by atoms with E-state index in [1.807, 2.05) is 47.0 Å². The summed E-state index contributed by atoms with van der Waals surface area (Å²) in [6, 6.07) is 11.4. The molecule has 0 bridgehead atoms. The normalized spacial score (nSPS) is 10.7. The first-order valence-corrected chi connectivity index (χ1v) is 9.22. The van der Waals surface area contributed by atoms with Crippen molar-refractivity contribution in [3.05, 3.63) is 55.0 Å². The minimum atomic E-state index is 0.524. The largest absolute Gasteiger partial charge is 0.496 e. The molecule has 2 aromatic carbocycles. The van der Waals surface area contributed by atoms with E-state index < -0.39 is 0 Å². The van der Waals surface area contributed by atoms with Crippen molar-refractivity contribution in [2.45, 2.75) is 0 Å². The van der Waals surface area contributed by atoms with Crippen molar-refractivity contribution in [3.63, 3.8) is 0 Å². The molecule has 30 heavy (non-hydrogen) atoms. The second kappa shape index (κ2) is 8.20. The fourth-order valence-electron chi connectivity index (χ4n) is 3.35. The number of methoxy groups -OCH3 is 4. The summed E-state index contributed by atoms with van der Waals surface area (Å²) in [6.45, 7) is 0. The van der Waals surface area contributed by atoms with Gasteiger partial charge in [0.25, 0.3) is 0 Å².